The van der Waals surface area contributed by atoms with Crippen molar-refractivity contribution in [2.24, 2.45) is 11.7 Å². The van der Waals surface area contributed by atoms with Gasteiger partial charge in [-0.25, -0.2) is 4.39 Å². The molecule has 27 heavy (non-hydrogen) atoms. The van der Waals surface area contributed by atoms with Gasteiger partial charge >= 0.3 is 0 Å². The number of likely N-dealkylation sites (tertiary alicyclic amines) is 1. The number of carbonyl (C=O) groups excluding carboxylic acids is 3. The van der Waals surface area contributed by atoms with Crippen molar-refractivity contribution < 1.29 is 18.8 Å². The average molecular weight is 399 g/mol. The molecule has 9 heteroatoms. The van der Waals surface area contributed by atoms with E-state index in [2.05, 4.69) is 10.6 Å². The van der Waals surface area contributed by atoms with E-state index in [4.69, 9.17) is 5.73 Å². The molecule has 3 rings (SSSR count). The van der Waals surface area contributed by atoms with E-state index < -0.39 is 11.7 Å². The maximum Gasteiger partial charge on any atom is 0.256 e. The van der Waals surface area contributed by atoms with Gasteiger partial charge in [-0.15, -0.1) is 12.4 Å². The molecule has 0 saturated carbocycles. The summed E-state index contributed by atoms with van der Waals surface area (Å²) in [5.41, 5.74) is 6.56. The number of benzene rings is 1. The minimum absolute atomic E-state index is 0. The third kappa shape index (κ3) is 4.75. The molecule has 1 saturated heterocycles. The Morgan fingerprint density at radius 2 is 2.11 bits per heavy atom. The van der Waals surface area contributed by atoms with Crippen molar-refractivity contribution in [2.45, 2.75) is 25.7 Å². The number of halogens is 2. The molecule has 1 aromatic rings. The molecule has 1 aromatic carbocycles. The number of piperidine rings is 1. The molecule has 7 nitrogen and oxygen atoms in total. The molecule has 0 aliphatic carbocycles. The van der Waals surface area contributed by atoms with Gasteiger partial charge in [-0.3, -0.25) is 14.4 Å². The molecular weight excluding hydrogens is 375 g/mol. The number of carbonyl (C=O) groups is 3. The van der Waals surface area contributed by atoms with Crippen molar-refractivity contribution in [2.75, 3.05) is 31.5 Å². The van der Waals surface area contributed by atoms with Gasteiger partial charge in [0.05, 0.1) is 11.5 Å². The highest BCUT2D eigenvalue weighted by molar-refractivity contribution is 5.98. The van der Waals surface area contributed by atoms with Gasteiger partial charge in [-0.2, -0.15) is 0 Å². The van der Waals surface area contributed by atoms with Crippen LogP contribution in [0, 0.1) is 11.7 Å². The lowest BCUT2D eigenvalue weighted by Gasteiger charge is -2.32. The number of nitrogens with zero attached hydrogens (tertiary/aromatic N) is 1. The number of hydrogen-bond donors (Lipinski definition) is 3. The SMILES string of the molecule is Cl.NCCNC(=O)C1CCCN(C(=O)c2cc3c(cc2F)NC(=O)CC3)C1. The van der Waals surface area contributed by atoms with Crippen LogP contribution in [0.25, 0.3) is 0 Å². The highest BCUT2D eigenvalue weighted by atomic mass is 35.5. The highest BCUT2D eigenvalue weighted by Crippen LogP contribution is 2.27. The molecule has 1 atom stereocenters. The van der Waals surface area contributed by atoms with Gasteiger partial charge in [0.1, 0.15) is 5.82 Å². The topological polar surface area (TPSA) is 105 Å². The predicted molar refractivity (Wildman–Crippen MR) is 101 cm³/mol. The Bertz CT molecular complexity index is 744. The molecular formula is C18H24ClFN4O3. The third-order valence-corrected chi connectivity index (χ3v) is 4.84. The molecule has 4 N–H and O–H groups in total. The van der Waals surface area contributed by atoms with Crippen LogP contribution in [0.4, 0.5) is 10.1 Å². The number of aryl methyl sites for hydroxylation is 1. The molecule has 0 bridgehead atoms. The fourth-order valence-corrected chi connectivity index (χ4v) is 3.45. The second-order valence-corrected chi connectivity index (χ2v) is 6.71. The van der Waals surface area contributed by atoms with Crippen molar-refractivity contribution in [3.8, 4) is 0 Å². The fourth-order valence-electron chi connectivity index (χ4n) is 3.45. The van der Waals surface area contributed by atoms with Crippen LogP contribution in [0.5, 0.6) is 0 Å². The molecule has 2 heterocycles. The minimum atomic E-state index is -0.661. The van der Waals surface area contributed by atoms with Crippen LogP contribution in [-0.2, 0) is 16.0 Å². The van der Waals surface area contributed by atoms with Crippen LogP contribution in [0.15, 0.2) is 12.1 Å². The molecule has 0 aromatic heterocycles. The number of anilines is 1. The van der Waals surface area contributed by atoms with Crippen LogP contribution in [0.1, 0.15) is 35.2 Å². The molecule has 1 unspecified atom stereocenters. The summed E-state index contributed by atoms with van der Waals surface area (Å²) in [6.07, 6.45) is 2.18. The number of rotatable bonds is 4. The standard InChI is InChI=1S/C18H23FN4O3.ClH/c19-14-9-15-11(3-4-16(24)22-15)8-13(14)18(26)23-7-1-2-12(10-23)17(25)21-6-5-20;/h8-9,12H,1-7,10,20H2,(H,21,25)(H,22,24);1H. The lowest BCUT2D eigenvalue weighted by Crippen LogP contribution is -2.46. The summed E-state index contributed by atoms with van der Waals surface area (Å²) in [6, 6.07) is 2.72. The van der Waals surface area contributed by atoms with Gasteiger partial charge in [0.2, 0.25) is 11.8 Å². The van der Waals surface area contributed by atoms with Gasteiger partial charge < -0.3 is 21.3 Å². The number of nitrogens with two attached hydrogens (primary N) is 1. The lowest BCUT2D eigenvalue weighted by molar-refractivity contribution is -0.126. The van der Waals surface area contributed by atoms with Crippen LogP contribution in [0.2, 0.25) is 0 Å². The average Bonchev–Trinajstić information content (AvgIpc) is 2.65. The Hall–Kier alpha value is -2.19. The lowest BCUT2D eigenvalue weighted by atomic mass is 9.95. The molecule has 0 spiro atoms. The molecule has 1 fully saturated rings. The zero-order valence-corrected chi connectivity index (χ0v) is 15.7. The maximum atomic E-state index is 14.4. The van der Waals surface area contributed by atoms with Crippen LogP contribution < -0.4 is 16.4 Å². The first kappa shape index (κ1) is 21.1. The molecule has 148 valence electrons. The first-order valence-corrected chi connectivity index (χ1v) is 8.89. The molecule has 2 aliphatic rings. The maximum absolute atomic E-state index is 14.4. The van der Waals surface area contributed by atoms with Crippen molar-refractivity contribution in [3.63, 3.8) is 0 Å². The van der Waals surface area contributed by atoms with Gasteiger partial charge in [-0.1, -0.05) is 0 Å². The largest absolute Gasteiger partial charge is 0.355 e. The van der Waals surface area contributed by atoms with Crippen LogP contribution in [-0.4, -0.2) is 48.8 Å². The monoisotopic (exact) mass is 398 g/mol. The first-order valence-electron chi connectivity index (χ1n) is 8.89. The Kier molecular flexibility index (Phi) is 7.15. The zero-order valence-electron chi connectivity index (χ0n) is 14.9. The Morgan fingerprint density at radius 3 is 2.85 bits per heavy atom. The summed E-state index contributed by atoms with van der Waals surface area (Å²) in [5.74, 6) is -1.66. The van der Waals surface area contributed by atoms with Crippen molar-refractivity contribution in [1.29, 1.82) is 0 Å². The van der Waals surface area contributed by atoms with Gasteiger partial charge in [0, 0.05) is 38.3 Å². The van der Waals surface area contributed by atoms with Crippen molar-refractivity contribution >= 4 is 35.8 Å². The number of amides is 3. The fraction of sp³-hybridized carbons (Fsp3) is 0.500. The normalized spacial score (nSPS) is 18.8. The van der Waals surface area contributed by atoms with E-state index in [1.165, 1.54) is 17.0 Å². The first-order chi connectivity index (χ1) is 12.5. The minimum Gasteiger partial charge on any atom is -0.355 e. The summed E-state index contributed by atoms with van der Waals surface area (Å²) >= 11 is 0. The molecule has 3 amide bonds. The van der Waals surface area contributed by atoms with Gasteiger partial charge in [-0.05, 0) is 37.0 Å². The highest BCUT2D eigenvalue weighted by Gasteiger charge is 2.30. The van der Waals surface area contributed by atoms with E-state index in [1.54, 1.807) is 0 Å². The third-order valence-electron chi connectivity index (χ3n) is 4.84. The van der Waals surface area contributed by atoms with E-state index in [0.29, 0.717) is 51.0 Å². The Labute approximate surface area is 163 Å². The van der Waals surface area contributed by atoms with Crippen molar-refractivity contribution in [3.05, 3.63) is 29.1 Å². The smallest absolute Gasteiger partial charge is 0.256 e. The molecule has 0 radical (unpaired) electrons. The van der Waals surface area contributed by atoms with E-state index >= 15 is 0 Å². The summed E-state index contributed by atoms with van der Waals surface area (Å²) in [6.45, 7) is 1.52. The van der Waals surface area contributed by atoms with Gasteiger partial charge in [0.25, 0.3) is 5.91 Å². The summed E-state index contributed by atoms with van der Waals surface area (Å²) in [7, 11) is 0. The number of fused-ring (bicyclic) bond motifs is 1. The van der Waals surface area contributed by atoms with Gasteiger partial charge in [0.15, 0.2) is 0 Å². The predicted octanol–water partition coefficient (Wildman–Crippen LogP) is 1.06. The molecule has 2 aliphatic heterocycles. The second kappa shape index (κ2) is 9.14. The van der Waals surface area contributed by atoms with E-state index in [0.717, 1.165) is 5.56 Å². The van der Waals surface area contributed by atoms with E-state index in [9.17, 15) is 18.8 Å². The van der Waals surface area contributed by atoms with Crippen LogP contribution >= 0.6 is 12.4 Å². The Balaban J connectivity index is 0.00000261. The zero-order chi connectivity index (χ0) is 18.7. The number of nitrogens with one attached hydrogen (secondary N) is 2. The Morgan fingerprint density at radius 1 is 1.33 bits per heavy atom. The quantitative estimate of drug-likeness (QED) is 0.705. The summed E-state index contributed by atoms with van der Waals surface area (Å²) < 4.78 is 14.4. The van der Waals surface area contributed by atoms with Crippen LogP contribution in [0.3, 0.4) is 0 Å². The number of hydrogen-bond acceptors (Lipinski definition) is 4. The summed E-state index contributed by atoms with van der Waals surface area (Å²) in [5, 5.41) is 5.36. The van der Waals surface area contributed by atoms with Crippen molar-refractivity contribution in [1.82, 2.24) is 10.2 Å². The second-order valence-electron chi connectivity index (χ2n) is 6.71. The summed E-state index contributed by atoms with van der Waals surface area (Å²) in [4.78, 5) is 37.9. The van der Waals surface area contributed by atoms with E-state index in [1.807, 2.05) is 0 Å². The van der Waals surface area contributed by atoms with E-state index in [-0.39, 0.29) is 42.2 Å².